The number of fused-ring (bicyclic) bond motifs is 1. The summed E-state index contributed by atoms with van der Waals surface area (Å²) in [7, 11) is 0. The maximum absolute atomic E-state index is 10.8. The van der Waals surface area contributed by atoms with E-state index in [0.717, 1.165) is 11.0 Å². The second kappa shape index (κ2) is 7.15. The van der Waals surface area contributed by atoms with E-state index in [9.17, 15) is 4.79 Å². The van der Waals surface area contributed by atoms with Crippen LogP contribution in [0.3, 0.4) is 0 Å². The number of carboxylic acids is 1. The molecule has 0 radical (unpaired) electrons. The van der Waals surface area contributed by atoms with E-state index in [0.29, 0.717) is 23.3 Å². The molecule has 0 saturated heterocycles. The molecule has 0 aliphatic heterocycles. The molecular formula is C14H17ClN2O3S. The van der Waals surface area contributed by atoms with Crippen LogP contribution in [0, 0.1) is 0 Å². The van der Waals surface area contributed by atoms with Crippen LogP contribution in [0.1, 0.15) is 13.8 Å². The molecule has 1 N–H and O–H groups in total. The molecule has 114 valence electrons. The molecule has 5 nitrogen and oxygen atoms in total. The van der Waals surface area contributed by atoms with Gasteiger partial charge in [-0.1, -0.05) is 23.4 Å². The van der Waals surface area contributed by atoms with Crippen LogP contribution in [-0.4, -0.2) is 39.1 Å². The van der Waals surface area contributed by atoms with Crippen molar-refractivity contribution in [3.8, 4) is 0 Å². The Balaban J connectivity index is 2.28. The molecule has 0 aliphatic carbocycles. The Bertz CT molecular complexity index is 642. The molecule has 0 amide bonds. The molecule has 0 spiro atoms. The lowest BCUT2D eigenvalue weighted by molar-refractivity contribution is -0.133. The molecule has 21 heavy (non-hydrogen) atoms. The van der Waals surface area contributed by atoms with Gasteiger partial charge < -0.3 is 14.4 Å². The predicted octanol–water partition coefficient (Wildman–Crippen LogP) is 3.29. The van der Waals surface area contributed by atoms with E-state index < -0.39 is 5.97 Å². The highest BCUT2D eigenvalue weighted by Crippen LogP contribution is 2.26. The van der Waals surface area contributed by atoms with Gasteiger partial charge in [-0.05, 0) is 32.0 Å². The smallest absolute Gasteiger partial charge is 0.313 e. The summed E-state index contributed by atoms with van der Waals surface area (Å²) in [6.07, 6.45) is 0.151. The third kappa shape index (κ3) is 4.36. The highest BCUT2D eigenvalue weighted by atomic mass is 35.5. The van der Waals surface area contributed by atoms with Crippen LogP contribution < -0.4 is 0 Å². The molecule has 0 aliphatic rings. The second-order valence-corrected chi connectivity index (χ2v) is 6.16. The zero-order valence-corrected chi connectivity index (χ0v) is 13.4. The third-order valence-electron chi connectivity index (χ3n) is 2.77. The second-order valence-electron chi connectivity index (χ2n) is 4.78. The first-order valence-electron chi connectivity index (χ1n) is 6.59. The van der Waals surface area contributed by atoms with Gasteiger partial charge in [0.1, 0.15) is 0 Å². The van der Waals surface area contributed by atoms with Crippen LogP contribution in [0.25, 0.3) is 11.0 Å². The van der Waals surface area contributed by atoms with Crippen molar-refractivity contribution in [3.05, 3.63) is 23.2 Å². The van der Waals surface area contributed by atoms with Crippen molar-refractivity contribution in [2.75, 3.05) is 12.4 Å². The monoisotopic (exact) mass is 328 g/mol. The van der Waals surface area contributed by atoms with Gasteiger partial charge in [0.05, 0.1) is 29.5 Å². The lowest BCUT2D eigenvalue weighted by atomic mass is 10.3. The van der Waals surface area contributed by atoms with Gasteiger partial charge in [-0.25, -0.2) is 4.98 Å². The standard InChI is InChI=1S/C14H17ClN2O3S/c1-9(2)20-6-5-17-12-7-10(15)3-4-11(12)16-14(17)21-8-13(18)19/h3-4,7,9H,5-6,8H2,1-2H3,(H,18,19). The first kappa shape index (κ1) is 16.1. The maximum atomic E-state index is 10.8. The largest absolute Gasteiger partial charge is 0.481 e. The Morgan fingerprint density at radius 1 is 1.52 bits per heavy atom. The zero-order chi connectivity index (χ0) is 15.4. The number of ether oxygens (including phenoxy) is 1. The average molecular weight is 329 g/mol. The first-order chi connectivity index (χ1) is 9.97. The number of thioether (sulfide) groups is 1. The van der Waals surface area contributed by atoms with Crippen LogP contribution >= 0.6 is 23.4 Å². The molecule has 2 aromatic rings. The van der Waals surface area contributed by atoms with E-state index in [1.54, 1.807) is 6.07 Å². The minimum atomic E-state index is -0.866. The minimum Gasteiger partial charge on any atom is -0.481 e. The summed E-state index contributed by atoms with van der Waals surface area (Å²) < 4.78 is 7.52. The van der Waals surface area contributed by atoms with Gasteiger partial charge in [-0.2, -0.15) is 0 Å². The van der Waals surface area contributed by atoms with Crippen LogP contribution in [0.2, 0.25) is 5.02 Å². The number of benzene rings is 1. The van der Waals surface area contributed by atoms with Crippen molar-refractivity contribution in [1.29, 1.82) is 0 Å². The normalized spacial score (nSPS) is 11.4. The average Bonchev–Trinajstić information content (AvgIpc) is 2.74. The van der Waals surface area contributed by atoms with Gasteiger partial charge in [0.15, 0.2) is 5.16 Å². The highest BCUT2D eigenvalue weighted by molar-refractivity contribution is 7.99. The molecule has 0 atom stereocenters. The Morgan fingerprint density at radius 2 is 2.29 bits per heavy atom. The molecule has 1 aromatic heterocycles. The van der Waals surface area contributed by atoms with Gasteiger partial charge in [0.25, 0.3) is 0 Å². The number of aliphatic carboxylic acids is 1. The Hall–Kier alpha value is -1.24. The third-order valence-corrected chi connectivity index (χ3v) is 3.96. The lowest BCUT2D eigenvalue weighted by Crippen LogP contribution is -2.11. The van der Waals surface area contributed by atoms with Gasteiger partial charge in [-0.15, -0.1) is 0 Å². The fraction of sp³-hybridized carbons (Fsp3) is 0.429. The van der Waals surface area contributed by atoms with Gasteiger partial charge in [-0.3, -0.25) is 4.79 Å². The number of hydrogen-bond acceptors (Lipinski definition) is 4. The Kier molecular flexibility index (Phi) is 5.50. The van der Waals surface area contributed by atoms with E-state index in [-0.39, 0.29) is 11.9 Å². The molecule has 1 heterocycles. The van der Waals surface area contributed by atoms with Crippen molar-refractivity contribution < 1.29 is 14.6 Å². The summed E-state index contributed by atoms with van der Waals surface area (Å²) in [6, 6.07) is 5.45. The molecule has 2 rings (SSSR count). The number of imidazole rings is 1. The van der Waals surface area contributed by atoms with Crippen LogP contribution in [0.5, 0.6) is 0 Å². The highest BCUT2D eigenvalue weighted by Gasteiger charge is 2.13. The van der Waals surface area contributed by atoms with Crippen molar-refractivity contribution >= 4 is 40.4 Å². The first-order valence-corrected chi connectivity index (χ1v) is 7.95. The number of halogens is 1. The number of carbonyl (C=O) groups is 1. The number of aromatic nitrogens is 2. The number of rotatable bonds is 7. The lowest BCUT2D eigenvalue weighted by Gasteiger charge is -2.11. The van der Waals surface area contributed by atoms with Crippen molar-refractivity contribution in [2.45, 2.75) is 31.7 Å². The maximum Gasteiger partial charge on any atom is 0.313 e. The summed E-state index contributed by atoms with van der Waals surface area (Å²) in [5, 5.41) is 10.1. The van der Waals surface area contributed by atoms with Crippen molar-refractivity contribution in [3.63, 3.8) is 0 Å². The van der Waals surface area contributed by atoms with Gasteiger partial charge in [0, 0.05) is 11.6 Å². The summed E-state index contributed by atoms with van der Waals surface area (Å²) >= 11 is 7.24. The Labute approximate surface area is 132 Å². The van der Waals surface area contributed by atoms with E-state index >= 15 is 0 Å². The number of hydrogen-bond donors (Lipinski definition) is 1. The molecule has 7 heteroatoms. The van der Waals surface area contributed by atoms with Crippen molar-refractivity contribution in [2.24, 2.45) is 0 Å². The van der Waals surface area contributed by atoms with E-state index in [2.05, 4.69) is 4.98 Å². The molecule has 0 fully saturated rings. The van der Waals surface area contributed by atoms with Crippen LogP contribution in [0.4, 0.5) is 0 Å². The number of nitrogens with zero attached hydrogens (tertiary/aromatic N) is 2. The molecule has 1 aromatic carbocycles. The van der Waals surface area contributed by atoms with Crippen LogP contribution in [0.15, 0.2) is 23.4 Å². The summed E-state index contributed by atoms with van der Waals surface area (Å²) in [5.41, 5.74) is 1.69. The summed E-state index contributed by atoms with van der Waals surface area (Å²) in [6.45, 7) is 5.10. The zero-order valence-electron chi connectivity index (χ0n) is 11.9. The van der Waals surface area contributed by atoms with E-state index in [4.69, 9.17) is 21.4 Å². The summed E-state index contributed by atoms with van der Waals surface area (Å²) in [5.74, 6) is -0.891. The number of carboxylic acid groups (broad SMARTS) is 1. The van der Waals surface area contributed by atoms with Gasteiger partial charge >= 0.3 is 5.97 Å². The van der Waals surface area contributed by atoms with E-state index in [1.807, 2.05) is 30.5 Å². The molecular weight excluding hydrogens is 312 g/mol. The van der Waals surface area contributed by atoms with Gasteiger partial charge in [0.2, 0.25) is 0 Å². The topological polar surface area (TPSA) is 64.3 Å². The Morgan fingerprint density at radius 3 is 2.95 bits per heavy atom. The van der Waals surface area contributed by atoms with Crippen LogP contribution in [-0.2, 0) is 16.1 Å². The predicted molar refractivity (Wildman–Crippen MR) is 84.2 cm³/mol. The fourth-order valence-corrected chi connectivity index (χ4v) is 2.83. The van der Waals surface area contributed by atoms with E-state index in [1.165, 1.54) is 11.8 Å². The minimum absolute atomic E-state index is 0.0257. The molecule has 0 bridgehead atoms. The van der Waals surface area contributed by atoms with Crippen molar-refractivity contribution in [1.82, 2.24) is 9.55 Å². The fourth-order valence-electron chi connectivity index (χ4n) is 1.91. The molecule has 0 unspecified atom stereocenters. The molecule has 0 saturated carbocycles. The SMILES string of the molecule is CC(C)OCCn1c(SCC(=O)O)nc2ccc(Cl)cc21. The summed E-state index contributed by atoms with van der Waals surface area (Å²) in [4.78, 5) is 15.2. The quantitative estimate of drug-likeness (QED) is 0.790.